The molecule has 0 fully saturated rings. The first-order valence-corrected chi connectivity index (χ1v) is 6.00. The van der Waals surface area contributed by atoms with Crippen LogP contribution < -0.4 is 0 Å². The number of hydrogen-bond donors (Lipinski definition) is 1. The fourth-order valence-corrected chi connectivity index (χ4v) is 1.99. The number of hydrogen-bond acceptors (Lipinski definition) is 2. The summed E-state index contributed by atoms with van der Waals surface area (Å²) in [4.78, 5) is 0. The van der Waals surface area contributed by atoms with Gasteiger partial charge in [0.1, 0.15) is 0 Å². The van der Waals surface area contributed by atoms with Crippen molar-refractivity contribution in [2.75, 3.05) is 0 Å². The Labute approximate surface area is 111 Å². The summed E-state index contributed by atoms with van der Waals surface area (Å²) in [7, 11) is 0. The molecule has 0 aliphatic heterocycles. The first-order chi connectivity index (χ1) is 8.60. The Morgan fingerprint density at radius 2 is 2.22 bits per heavy atom. The molecule has 2 aromatic rings. The average Bonchev–Trinajstić information content (AvgIpc) is 2.80. The summed E-state index contributed by atoms with van der Waals surface area (Å²) < 4.78 is 1.95. The third-order valence-electron chi connectivity index (χ3n) is 2.79. The van der Waals surface area contributed by atoms with Crippen molar-refractivity contribution in [2.24, 2.45) is 0 Å². The lowest BCUT2D eigenvalue weighted by Gasteiger charge is -2.06. The van der Waals surface area contributed by atoms with Gasteiger partial charge in [0.25, 0.3) is 0 Å². The molecule has 0 saturated carbocycles. The Morgan fingerprint density at radius 3 is 2.78 bits per heavy atom. The highest BCUT2D eigenvalue weighted by molar-refractivity contribution is 6.31. The van der Waals surface area contributed by atoms with Crippen LogP contribution in [0.15, 0.2) is 36.7 Å². The molecule has 1 heterocycles. The summed E-state index contributed by atoms with van der Waals surface area (Å²) in [6, 6.07) is 9.19. The van der Waals surface area contributed by atoms with Crippen molar-refractivity contribution >= 4 is 11.6 Å². The highest BCUT2D eigenvalue weighted by Crippen LogP contribution is 2.20. The van der Waals surface area contributed by atoms with Gasteiger partial charge in [-0.05, 0) is 36.2 Å². The molecule has 0 saturated heterocycles. The van der Waals surface area contributed by atoms with Gasteiger partial charge < -0.3 is 9.67 Å². The van der Waals surface area contributed by atoms with E-state index in [2.05, 4.69) is 6.07 Å². The van der Waals surface area contributed by atoms with Gasteiger partial charge in [0, 0.05) is 24.0 Å². The molecule has 0 radical (unpaired) electrons. The third-order valence-corrected chi connectivity index (χ3v) is 3.14. The lowest BCUT2D eigenvalue weighted by atomic mass is 10.1. The molecule has 18 heavy (non-hydrogen) atoms. The van der Waals surface area contributed by atoms with Crippen LogP contribution in [0.2, 0.25) is 5.02 Å². The Hall–Kier alpha value is -1.76. The Balaban J connectivity index is 2.21. The van der Waals surface area contributed by atoms with E-state index < -0.39 is 6.10 Å². The molecule has 1 aromatic heterocycles. The van der Waals surface area contributed by atoms with E-state index in [4.69, 9.17) is 16.9 Å². The summed E-state index contributed by atoms with van der Waals surface area (Å²) in [5, 5.41) is 18.8. The monoisotopic (exact) mass is 260 g/mol. The Kier molecular flexibility index (Phi) is 3.71. The van der Waals surface area contributed by atoms with Crippen molar-refractivity contribution in [1.82, 2.24) is 4.57 Å². The predicted molar refractivity (Wildman–Crippen MR) is 70.3 cm³/mol. The standard InChI is InChI=1S/C14H13ClN2O/c1-10(18)12-4-5-17(8-12)9-13-3-2-11(7-16)6-14(13)15/h2-6,8,10,18H,9H2,1H3. The van der Waals surface area contributed by atoms with Crippen molar-refractivity contribution in [2.45, 2.75) is 19.6 Å². The second kappa shape index (κ2) is 5.26. The minimum Gasteiger partial charge on any atom is -0.389 e. The largest absolute Gasteiger partial charge is 0.389 e. The minimum atomic E-state index is -0.470. The molecule has 1 N–H and O–H groups in total. The zero-order chi connectivity index (χ0) is 13.1. The predicted octanol–water partition coefficient (Wildman–Crippen LogP) is 3.11. The molecule has 4 heteroatoms. The topological polar surface area (TPSA) is 49.0 Å². The maximum atomic E-state index is 9.45. The van der Waals surface area contributed by atoms with E-state index >= 15 is 0 Å². The molecule has 1 unspecified atom stereocenters. The second-order valence-electron chi connectivity index (χ2n) is 4.21. The summed E-state index contributed by atoms with van der Waals surface area (Å²) in [6.45, 7) is 2.35. The van der Waals surface area contributed by atoms with Crippen molar-refractivity contribution in [3.63, 3.8) is 0 Å². The SMILES string of the molecule is CC(O)c1ccn(Cc2ccc(C#N)cc2Cl)c1. The van der Waals surface area contributed by atoms with Crippen LogP contribution >= 0.6 is 11.6 Å². The second-order valence-corrected chi connectivity index (χ2v) is 4.62. The first-order valence-electron chi connectivity index (χ1n) is 5.62. The molecule has 1 atom stereocenters. The molecule has 0 aliphatic carbocycles. The fourth-order valence-electron chi connectivity index (χ4n) is 1.75. The highest BCUT2D eigenvalue weighted by atomic mass is 35.5. The molecule has 0 spiro atoms. The maximum absolute atomic E-state index is 9.45. The van der Waals surface area contributed by atoms with Gasteiger partial charge >= 0.3 is 0 Å². The smallest absolute Gasteiger partial charge is 0.0992 e. The molecule has 3 nitrogen and oxygen atoms in total. The van der Waals surface area contributed by atoms with Gasteiger partial charge in [-0.15, -0.1) is 0 Å². The minimum absolute atomic E-state index is 0.470. The molecular weight excluding hydrogens is 248 g/mol. The van der Waals surface area contributed by atoms with Crippen LogP contribution in [-0.2, 0) is 6.54 Å². The number of rotatable bonds is 3. The van der Waals surface area contributed by atoms with Crippen LogP contribution in [0, 0.1) is 11.3 Å². The molecule has 0 bridgehead atoms. The van der Waals surface area contributed by atoms with E-state index in [1.807, 2.05) is 29.1 Å². The van der Waals surface area contributed by atoms with Crippen LogP contribution in [0.3, 0.4) is 0 Å². The summed E-state index contributed by atoms with van der Waals surface area (Å²) in [6.07, 6.45) is 3.32. The molecule has 92 valence electrons. The van der Waals surface area contributed by atoms with Gasteiger partial charge in [-0.25, -0.2) is 0 Å². The van der Waals surface area contributed by atoms with Gasteiger partial charge in [0.2, 0.25) is 0 Å². The lowest BCUT2D eigenvalue weighted by molar-refractivity contribution is 0.199. The zero-order valence-electron chi connectivity index (χ0n) is 9.97. The van der Waals surface area contributed by atoms with Crippen LogP contribution in [0.1, 0.15) is 29.7 Å². The quantitative estimate of drug-likeness (QED) is 0.922. The van der Waals surface area contributed by atoms with Gasteiger partial charge in [0.05, 0.1) is 17.7 Å². The van der Waals surface area contributed by atoms with Gasteiger partial charge in [-0.2, -0.15) is 5.26 Å². The van der Waals surface area contributed by atoms with Crippen molar-refractivity contribution < 1.29 is 5.11 Å². The highest BCUT2D eigenvalue weighted by Gasteiger charge is 2.05. The van der Waals surface area contributed by atoms with Crippen molar-refractivity contribution in [1.29, 1.82) is 5.26 Å². The van der Waals surface area contributed by atoms with Crippen molar-refractivity contribution in [3.8, 4) is 6.07 Å². The number of aliphatic hydroxyl groups excluding tert-OH is 1. The summed E-state index contributed by atoms with van der Waals surface area (Å²) >= 11 is 6.11. The molecule has 0 amide bonds. The van der Waals surface area contributed by atoms with Crippen LogP contribution in [0.5, 0.6) is 0 Å². The number of halogens is 1. The van der Waals surface area contributed by atoms with E-state index in [1.165, 1.54) is 0 Å². The van der Waals surface area contributed by atoms with Gasteiger partial charge in [0.15, 0.2) is 0 Å². The van der Waals surface area contributed by atoms with Crippen LogP contribution in [0.25, 0.3) is 0 Å². The van der Waals surface area contributed by atoms with Gasteiger partial charge in [-0.3, -0.25) is 0 Å². The number of nitriles is 1. The number of aliphatic hydroxyl groups is 1. The van der Waals surface area contributed by atoms with E-state index in [-0.39, 0.29) is 0 Å². The van der Waals surface area contributed by atoms with Crippen molar-refractivity contribution in [3.05, 3.63) is 58.4 Å². The maximum Gasteiger partial charge on any atom is 0.0992 e. The number of benzene rings is 1. The Morgan fingerprint density at radius 1 is 1.44 bits per heavy atom. The third kappa shape index (κ3) is 2.73. The van der Waals surface area contributed by atoms with Crippen LogP contribution in [0.4, 0.5) is 0 Å². The molecule has 1 aromatic carbocycles. The van der Waals surface area contributed by atoms with E-state index in [9.17, 15) is 5.11 Å². The molecule has 0 aliphatic rings. The van der Waals surface area contributed by atoms with E-state index in [1.54, 1.807) is 19.1 Å². The lowest BCUT2D eigenvalue weighted by Crippen LogP contribution is -1.98. The van der Waals surface area contributed by atoms with Crippen LogP contribution in [-0.4, -0.2) is 9.67 Å². The normalized spacial score (nSPS) is 12.1. The molecular formula is C14H13ClN2O. The fraction of sp³-hybridized carbons (Fsp3) is 0.214. The zero-order valence-corrected chi connectivity index (χ0v) is 10.7. The number of nitrogens with zero attached hydrogens (tertiary/aromatic N) is 2. The van der Waals surface area contributed by atoms with E-state index in [0.29, 0.717) is 17.1 Å². The average molecular weight is 261 g/mol. The first kappa shape index (κ1) is 12.7. The number of aromatic nitrogens is 1. The Bertz CT molecular complexity index is 596. The summed E-state index contributed by atoms with van der Waals surface area (Å²) in [5.74, 6) is 0. The van der Waals surface area contributed by atoms with E-state index in [0.717, 1.165) is 11.1 Å². The summed E-state index contributed by atoms with van der Waals surface area (Å²) in [5.41, 5.74) is 2.38. The van der Waals surface area contributed by atoms with Gasteiger partial charge in [-0.1, -0.05) is 17.7 Å². The molecule has 2 rings (SSSR count).